The molecule has 9 heteroatoms. The predicted molar refractivity (Wildman–Crippen MR) is 209 cm³/mol. The Morgan fingerprint density at radius 2 is 1.76 bits per heavy atom. The summed E-state index contributed by atoms with van der Waals surface area (Å²) >= 11 is 6.67. The first-order chi connectivity index (χ1) is 24.3. The smallest absolute Gasteiger partial charge is 0.264 e. The van der Waals surface area contributed by atoms with Crippen molar-refractivity contribution in [2.24, 2.45) is 5.92 Å². The number of allylic oxidation sites excluding steroid dienone is 3. The van der Waals surface area contributed by atoms with Gasteiger partial charge in [-0.1, -0.05) is 103 Å². The van der Waals surface area contributed by atoms with Crippen molar-refractivity contribution in [1.82, 2.24) is 4.90 Å². The largest absolute Gasteiger partial charge is 0.497 e. The topological polar surface area (TPSA) is 79.3 Å². The molecule has 4 atom stereocenters. The van der Waals surface area contributed by atoms with Crippen LogP contribution in [0.4, 0.5) is 5.69 Å². The molecule has 2 amide bonds. The van der Waals surface area contributed by atoms with Crippen LogP contribution in [0.2, 0.25) is 23.7 Å². The molecule has 0 bridgehead atoms. The normalized spacial score (nSPS) is 21.6. The van der Waals surface area contributed by atoms with Crippen molar-refractivity contribution in [1.29, 1.82) is 0 Å². The van der Waals surface area contributed by atoms with Gasteiger partial charge in [0, 0.05) is 36.1 Å². The Morgan fingerprint density at radius 1 is 1.06 bits per heavy atom. The van der Waals surface area contributed by atoms with Crippen LogP contribution >= 0.6 is 11.6 Å². The monoisotopic (exact) mass is 728 g/mol. The van der Waals surface area contributed by atoms with Crippen LogP contribution in [-0.4, -0.2) is 62.8 Å². The Kier molecular flexibility index (Phi) is 12.3. The Hall–Kier alpha value is -3.69. The highest BCUT2D eigenvalue weighted by Gasteiger charge is 2.66. The minimum Gasteiger partial charge on any atom is -0.497 e. The third-order valence-electron chi connectivity index (χ3n) is 10.8. The fourth-order valence-corrected chi connectivity index (χ4v) is 12.3. The van der Waals surface area contributed by atoms with E-state index in [4.69, 9.17) is 21.1 Å². The quantitative estimate of drug-likeness (QED) is 0.134. The number of hydrogen-bond acceptors (Lipinski definition) is 5. The highest BCUT2D eigenvalue weighted by Crippen LogP contribution is 2.60. The van der Waals surface area contributed by atoms with Crippen LogP contribution in [0.5, 0.6) is 5.75 Å². The maximum absolute atomic E-state index is 15.0. The van der Waals surface area contributed by atoms with Crippen molar-refractivity contribution in [2.45, 2.75) is 83.8 Å². The van der Waals surface area contributed by atoms with Crippen molar-refractivity contribution in [3.8, 4) is 5.75 Å². The molecule has 1 N–H and O–H groups in total. The van der Waals surface area contributed by atoms with E-state index in [0.717, 1.165) is 35.4 Å². The highest BCUT2D eigenvalue weighted by atomic mass is 35.5. The average Bonchev–Trinajstić information content (AvgIpc) is 3.53. The van der Waals surface area contributed by atoms with Gasteiger partial charge in [0.25, 0.3) is 5.91 Å². The zero-order valence-corrected chi connectivity index (χ0v) is 32.9. The van der Waals surface area contributed by atoms with Crippen molar-refractivity contribution >= 4 is 42.4 Å². The number of nitrogens with zero attached hydrogens (tertiary/aromatic N) is 2. The summed E-state index contributed by atoms with van der Waals surface area (Å²) in [6.45, 7) is 13.9. The fraction of sp³-hybridized carbons (Fsp3) is 0.429. The number of methoxy groups -OCH3 is 1. The molecule has 0 saturated carbocycles. The lowest BCUT2D eigenvalue weighted by Gasteiger charge is -2.37. The summed E-state index contributed by atoms with van der Waals surface area (Å²) in [7, 11) is -0.809. The lowest BCUT2D eigenvalue weighted by molar-refractivity contribution is -0.149. The van der Waals surface area contributed by atoms with Crippen LogP contribution in [0.25, 0.3) is 0 Å². The van der Waals surface area contributed by atoms with E-state index < -0.39 is 19.8 Å². The van der Waals surface area contributed by atoms with Gasteiger partial charge < -0.3 is 24.4 Å². The van der Waals surface area contributed by atoms with Gasteiger partial charge in [-0.2, -0.15) is 0 Å². The van der Waals surface area contributed by atoms with Gasteiger partial charge in [-0.05, 0) is 75.0 Å². The lowest BCUT2D eigenvalue weighted by atomic mass is 9.82. The van der Waals surface area contributed by atoms with Gasteiger partial charge in [0.1, 0.15) is 5.75 Å². The number of amides is 2. The molecule has 51 heavy (non-hydrogen) atoms. The summed E-state index contributed by atoms with van der Waals surface area (Å²) in [5.74, 6) is 0.279. The van der Waals surface area contributed by atoms with Gasteiger partial charge >= 0.3 is 0 Å². The molecule has 2 heterocycles. The van der Waals surface area contributed by atoms with E-state index in [2.05, 4.69) is 65.1 Å². The number of fused-ring (bicyclic) bond motifs is 2. The first-order valence-electron chi connectivity index (χ1n) is 18.0. The third kappa shape index (κ3) is 8.04. The van der Waals surface area contributed by atoms with Crippen LogP contribution in [0.15, 0.2) is 96.1 Å². The molecule has 0 unspecified atom stereocenters. The summed E-state index contributed by atoms with van der Waals surface area (Å²) < 4.78 is 12.7. The zero-order valence-electron chi connectivity index (χ0n) is 31.1. The molecule has 2 aliphatic rings. The van der Waals surface area contributed by atoms with E-state index in [9.17, 15) is 9.90 Å². The molecule has 2 aliphatic heterocycles. The number of halogens is 1. The second-order valence-corrected chi connectivity index (χ2v) is 20.0. The van der Waals surface area contributed by atoms with E-state index in [1.807, 2.05) is 65.6 Å². The van der Waals surface area contributed by atoms with Crippen molar-refractivity contribution < 1.29 is 24.2 Å². The highest BCUT2D eigenvalue weighted by molar-refractivity contribution is 6.91. The fourth-order valence-electron chi connectivity index (χ4n) is 8.12. The molecule has 0 radical (unpaired) electrons. The molecule has 0 aromatic heterocycles. The van der Waals surface area contributed by atoms with Gasteiger partial charge in [-0.3, -0.25) is 9.59 Å². The number of carbonyl (C=O) groups is 2. The average molecular weight is 729 g/mol. The van der Waals surface area contributed by atoms with Crippen LogP contribution in [-0.2, 0) is 26.5 Å². The Morgan fingerprint density at radius 3 is 2.41 bits per heavy atom. The van der Waals surface area contributed by atoms with E-state index in [-0.39, 0.29) is 42.8 Å². The molecule has 3 aromatic carbocycles. The summed E-state index contributed by atoms with van der Waals surface area (Å²) in [5.41, 5.74) is 3.63. The molecule has 5 rings (SSSR count). The molecule has 3 aromatic rings. The van der Waals surface area contributed by atoms with Crippen molar-refractivity contribution in [2.75, 3.05) is 31.7 Å². The summed E-state index contributed by atoms with van der Waals surface area (Å²) in [6.07, 6.45) is 5.78. The van der Waals surface area contributed by atoms with Crippen molar-refractivity contribution in [3.05, 3.63) is 112 Å². The number of ether oxygens (including phenoxy) is 2. The van der Waals surface area contributed by atoms with E-state index in [1.54, 1.807) is 12.0 Å². The first kappa shape index (κ1) is 38.5. The number of anilines is 1. The zero-order chi connectivity index (χ0) is 36.9. The molecular weight excluding hydrogens is 676 g/mol. The molecule has 272 valence electrons. The maximum Gasteiger partial charge on any atom is 0.264 e. The van der Waals surface area contributed by atoms with Crippen molar-refractivity contribution in [3.63, 3.8) is 0 Å². The van der Waals surface area contributed by atoms with Gasteiger partial charge in [0.05, 0.1) is 40.0 Å². The van der Waals surface area contributed by atoms with Crippen LogP contribution < -0.4 is 14.8 Å². The minimum atomic E-state index is -2.46. The summed E-state index contributed by atoms with van der Waals surface area (Å²) in [6, 6.07) is 23.6. The van der Waals surface area contributed by atoms with Crippen LogP contribution in [0, 0.1) is 5.92 Å². The van der Waals surface area contributed by atoms with Gasteiger partial charge in [-0.25, -0.2) is 0 Å². The number of hydrogen-bond donors (Lipinski definition) is 1. The number of aliphatic hydroxyl groups is 1. The van der Waals surface area contributed by atoms with Crippen LogP contribution in [0.3, 0.4) is 0 Å². The van der Waals surface area contributed by atoms with E-state index >= 15 is 4.79 Å². The lowest BCUT2D eigenvalue weighted by Crippen LogP contribution is -2.52. The second-order valence-electron chi connectivity index (χ2n) is 14.8. The molecule has 1 spiro atoms. The van der Waals surface area contributed by atoms with Gasteiger partial charge in [0.2, 0.25) is 5.91 Å². The predicted octanol–water partition coefficient (Wildman–Crippen LogP) is 8.02. The Labute approximate surface area is 309 Å². The molecule has 1 saturated heterocycles. The number of carbonyl (C=O) groups excluding carboxylic acids is 2. The molecule has 0 aliphatic carbocycles. The summed E-state index contributed by atoms with van der Waals surface area (Å²) in [5, 5.41) is 11.7. The minimum absolute atomic E-state index is 0.0860. The van der Waals surface area contributed by atoms with E-state index in [1.165, 1.54) is 16.3 Å². The second kappa shape index (κ2) is 16.3. The Bertz CT molecular complexity index is 1750. The number of aliphatic hydroxyl groups excluding tert-OH is 1. The maximum atomic E-state index is 15.0. The Balaban J connectivity index is 1.55. The van der Waals surface area contributed by atoms with Gasteiger partial charge in [0.15, 0.2) is 5.60 Å². The number of benzene rings is 3. The molecule has 1 fully saturated rings. The number of rotatable bonds is 14. The molecular formula is C42H53ClN2O5Si. The standard InChI is InChI=1S/C42H53ClN2O5Si/c1-29(2)12-11-13-30(3)22-23-45-37-21-16-33(43)26-36(37)42(41(45)48)31(4)40(51(6,7)35-19-17-34(49-5)18-20-35)38(50-42)27-39(47)44(24-25-46)28-32-14-9-8-10-15-32/h8-10,12,14-22,26,31,38,40,46H,11,13,23-25,27-28H2,1-7H3/b30-22+/t31-,38+,40-,42+/m1/s1. The van der Waals surface area contributed by atoms with E-state index in [0.29, 0.717) is 18.1 Å². The first-order valence-corrected chi connectivity index (χ1v) is 21.4. The van der Waals surface area contributed by atoms with Gasteiger partial charge in [-0.15, -0.1) is 0 Å². The molecule has 7 nitrogen and oxygen atoms in total. The SMILES string of the molecule is COc1ccc([Si](C)(C)[C@H]2[C@H](CC(=O)N(CCO)Cc3ccccc3)O[C@@]3(C(=O)N(C/C=C(\C)CCC=C(C)C)c4ccc(Cl)cc43)[C@@H]2C)cc1. The van der Waals surface area contributed by atoms with Crippen LogP contribution in [0.1, 0.15) is 58.1 Å². The third-order valence-corrected chi connectivity index (χ3v) is 15.4. The summed E-state index contributed by atoms with van der Waals surface area (Å²) in [4.78, 5) is 32.8.